The van der Waals surface area contributed by atoms with Gasteiger partial charge < -0.3 is 15.0 Å². The number of hydrogen-bond donors (Lipinski definition) is 2. The van der Waals surface area contributed by atoms with Crippen LogP contribution in [-0.4, -0.2) is 57.6 Å². The van der Waals surface area contributed by atoms with E-state index in [0.29, 0.717) is 18.8 Å². The van der Waals surface area contributed by atoms with Gasteiger partial charge in [-0.3, -0.25) is 4.98 Å². The van der Waals surface area contributed by atoms with Crippen LogP contribution in [-0.2, 0) is 4.74 Å². The number of carbonyl (C=O) groups excluding carboxylic acids is 1. The molecule has 0 unspecified atom stereocenters. The van der Waals surface area contributed by atoms with Gasteiger partial charge in [0.1, 0.15) is 5.82 Å². The Morgan fingerprint density at radius 1 is 1.45 bits per heavy atom. The third-order valence-corrected chi connectivity index (χ3v) is 3.63. The van der Waals surface area contributed by atoms with Gasteiger partial charge in [0.15, 0.2) is 0 Å². The van der Waals surface area contributed by atoms with Crippen LogP contribution in [0, 0.1) is 5.82 Å². The van der Waals surface area contributed by atoms with Gasteiger partial charge in [0, 0.05) is 26.3 Å². The number of pyridine rings is 1. The van der Waals surface area contributed by atoms with Gasteiger partial charge in [-0.15, -0.1) is 0 Å². The number of urea groups is 1. The van der Waals surface area contributed by atoms with Crippen LogP contribution in [0.5, 0.6) is 0 Å². The number of aromatic amines is 1. The van der Waals surface area contributed by atoms with E-state index in [2.05, 4.69) is 25.7 Å². The van der Waals surface area contributed by atoms with Crippen molar-refractivity contribution in [1.29, 1.82) is 0 Å². The fourth-order valence-corrected chi connectivity index (χ4v) is 2.53. The number of likely N-dealkylation sites (tertiary alicyclic amines) is 1. The van der Waals surface area contributed by atoms with Crippen molar-refractivity contribution in [1.82, 2.24) is 25.3 Å². The van der Waals surface area contributed by atoms with Gasteiger partial charge in [0.05, 0.1) is 42.0 Å². The summed E-state index contributed by atoms with van der Waals surface area (Å²) in [6, 6.07) is 0.879. The zero-order valence-electron chi connectivity index (χ0n) is 11.9. The SMILES string of the molecule is CO[C@@H]1CN(C(=O)Nc2cncc(F)c2)C[C@H]1c1cn[nH]n1. The summed E-state index contributed by atoms with van der Waals surface area (Å²) < 4.78 is 18.5. The van der Waals surface area contributed by atoms with Gasteiger partial charge in [-0.25, -0.2) is 9.18 Å². The smallest absolute Gasteiger partial charge is 0.322 e. The molecular formula is C13H15FN6O2. The number of aromatic nitrogens is 4. The van der Waals surface area contributed by atoms with Crippen LogP contribution in [0.3, 0.4) is 0 Å². The molecule has 0 spiro atoms. The Hall–Kier alpha value is -2.55. The Morgan fingerprint density at radius 3 is 3.00 bits per heavy atom. The largest absolute Gasteiger partial charge is 0.379 e. The maximum Gasteiger partial charge on any atom is 0.322 e. The summed E-state index contributed by atoms with van der Waals surface area (Å²) in [6.45, 7) is 0.863. The molecule has 1 saturated heterocycles. The number of methoxy groups -OCH3 is 1. The summed E-state index contributed by atoms with van der Waals surface area (Å²) in [5, 5.41) is 13.0. The number of anilines is 1. The summed E-state index contributed by atoms with van der Waals surface area (Å²) in [6.07, 6.45) is 3.92. The molecular weight excluding hydrogens is 291 g/mol. The second-order valence-corrected chi connectivity index (χ2v) is 5.00. The topological polar surface area (TPSA) is 96.0 Å². The molecule has 22 heavy (non-hydrogen) atoms. The third-order valence-electron chi connectivity index (χ3n) is 3.63. The molecule has 116 valence electrons. The summed E-state index contributed by atoms with van der Waals surface area (Å²) in [5.74, 6) is -0.561. The van der Waals surface area contributed by atoms with Gasteiger partial charge in [-0.05, 0) is 0 Å². The molecule has 8 nitrogen and oxygen atoms in total. The minimum Gasteiger partial charge on any atom is -0.379 e. The highest BCUT2D eigenvalue weighted by Gasteiger charge is 2.37. The van der Waals surface area contributed by atoms with Crippen LogP contribution in [0.1, 0.15) is 11.6 Å². The van der Waals surface area contributed by atoms with E-state index in [0.717, 1.165) is 11.9 Å². The molecule has 2 atom stereocenters. The highest BCUT2D eigenvalue weighted by atomic mass is 19.1. The molecule has 0 aromatic carbocycles. The molecule has 0 saturated carbocycles. The minimum absolute atomic E-state index is 0.0554. The molecule has 1 aliphatic rings. The van der Waals surface area contributed by atoms with Crippen molar-refractivity contribution < 1.29 is 13.9 Å². The molecule has 9 heteroatoms. The molecule has 2 aromatic rings. The highest BCUT2D eigenvalue weighted by molar-refractivity contribution is 5.89. The van der Waals surface area contributed by atoms with Crippen molar-refractivity contribution in [3.05, 3.63) is 36.2 Å². The van der Waals surface area contributed by atoms with Gasteiger partial charge in [0.25, 0.3) is 0 Å². The average molecular weight is 306 g/mol. The van der Waals surface area contributed by atoms with E-state index < -0.39 is 5.82 Å². The van der Waals surface area contributed by atoms with Crippen molar-refractivity contribution in [2.45, 2.75) is 12.0 Å². The monoisotopic (exact) mass is 306 g/mol. The zero-order chi connectivity index (χ0) is 15.5. The standard InChI is InChI=1S/C13H15FN6O2/c1-22-12-7-20(6-10(12)11-5-16-19-18-11)13(21)17-9-2-8(14)3-15-4-9/h2-5,10,12H,6-7H2,1H3,(H,17,21)(H,16,18,19)/t10-,12+/m0/s1. The summed E-state index contributed by atoms with van der Waals surface area (Å²) in [7, 11) is 1.59. The van der Waals surface area contributed by atoms with Crippen molar-refractivity contribution in [2.75, 3.05) is 25.5 Å². The molecule has 2 N–H and O–H groups in total. The van der Waals surface area contributed by atoms with E-state index in [1.165, 1.54) is 12.3 Å². The van der Waals surface area contributed by atoms with Crippen LogP contribution in [0.25, 0.3) is 0 Å². The lowest BCUT2D eigenvalue weighted by Gasteiger charge is -2.16. The molecule has 1 fully saturated rings. The number of carbonyl (C=O) groups is 1. The fourth-order valence-electron chi connectivity index (χ4n) is 2.53. The van der Waals surface area contributed by atoms with E-state index in [1.807, 2.05) is 0 Å². The second kappa shape index (κ2) is 6.06. The van der Waals surface area contributed by atoms with Gasteiger partial charge in [-0.1, -0.05) is 0 Å². The summed E-state index contributed by atoms with van der Waals surface area (Å²) >= 11 is 0. The van der Waals surface area contributed by atoms with Crippen molar-refractivity contribution in [3.8, 4) is 0 Å². The van der Waals surface area contributed by atoms with Crippen LogP contribution >= 0.6 is 0 Å². The number of halogens is 1. The zero-order valence-corrected chi connectivity index (χ0v) is 11.9. The van der Waals surface area contributed by atoms with Crippen LogP contribution in [0.4, 0.5) is 14.9 Å². The Bertz CT molecular complexity index is 650. The number of amides is 2. The van der Waals surface area contributed by atoms with E-state index in [-0.39, 0.29) is 18.1 Å². The van der Waals surface area contributed by atoms with E-state index in [9.17, 15) is 9.18 Å². The molecule has 2 amide bonds. The van der Waals surface area contributed by atoms with Gasteiger partial charge in [-0.2, -0.15) is 15.4 Å². The van der Waals surface area contributed by atoms with Crippen molar-refractivity contribution in [2.24, 2.45) is 0 Å². The van der Waals surface area contributed by atoms with Crippen molar-refractivity contribution in [3.63, 3.8) is 0 Å². The Morgan fingerprint density at radius 2 is 2.32 bits per heavy atom. The highest BCUT2D eigenvalue weighted by Crippen LogP contribution is 2.28. The molecule has 0 bridgehead atoms. The van der Waals surface area contributed by atoms with Crippen LogP contribution in [0.2, 0.25) is 0 Å². The molecule has 0 radical (unpaired) electrons. The second-order valence-electron chi connectivity index (χ2n) is 5.00. The number of hydrogen-bond acceptors (Lipinski definition) is 5. The lowest BCUT2D eigenvalue weighted by atomic mass is 10.0. The minimum atomic E-state index is -0.505. The Labute approximate surface area is 125 Å². The maximum atomic E-state index is 13.1. The van der Waals surface area contributed by atoms with Gasteiger partial charge in [0.2, 0.25) is 0 Å². The number of rotatable bonds is 3. The quantitative estimate of drug-likeness (QED) is 0.881. The van der Waals surface area contributed by atoms with E-state index >= 15 is 0 Å². The molecule has 0 aliphatic carbocycles. The lowest BCUT2D eigenvalue weighted by Crippen LogP contribution is -2.34. The van der Waals surface area contributed by atoms with Crippen LogP contribution < -0.4 is 5.32 Å². The third kappa shape index (κ3) is 2.89. The van der Waals surface area contributed by atoms with E-state index in [4.69, 9.17) is 4.74 Å². The Balaban J connectivity index is 1.69. The van der Waals surface area contributed by atoms with Crippen LogP contribution in [0.15, 0.2) is 24.7 Å². The predicted octanol–water partition coefficient (Wildman–Crippen LogP) is 0.985. The first-order valence-electron chi connectivity index (χ1n) is 6.72. The number of H-pyrrole nitrogens is 1. The summed E-state index contributed by atoms with van der Waals surface area (Å²) in [4.78, 5) is 17.6. The number of nitrogens with one attached hydrogen (secondary N) is 2. The lowest BCUT2D eigenvalue weighted by molar-refractivity contribution is 0.0987. The molecule has 2 aromatic heterocycles. The molecule has 3 heterocycles. The molecule has 3 rings (SSSR count). The summed E-state index contributed by atoms with van der Waals surface area (Å²) in [5.41, 5.74) is 1.05. The number of nitrogens with zero attached hydrogens (tertiary/aromatic N) is 4. The molecule has 1 aliphatic heterocycles. The first-order valence-corrected chi connectivity index (χ1v) is 6.72. The van der Waals surface area contributed by atoms with E-state index in [1.54, 1.807) is 18.2 Å². The Kier molecular flexibility index (Phi) is 3.96. The average Bonchev–Trinajstić information content (AvgIpc) is 3.16. The maximum absolute atomic E-state index is 13.1. The predicted molar refractivity (Wildman–Crippen MR) is 74.7 cm³/mol. The normalized spacial score (nSPS) is 21.1. The first-order chi connectivity index (χ1) is 10.7. The number of ether oxygens (including phenoxy) is 1. The first kappa shape index (κ1) is 14.4. The van der Waals surface area contributed by atoms with Crippen molar-refractivity contribution >= 4 is 11.7 Å². The van der Waals surface area contributed by atoms with Gasteiger partial charge >= 0.3 is 6.03 Å². The fraction of sp³-hybridized carbons (Fsp3) is 0.385.